The maximum atomic E-state index is 12.7. The first-order chi connectivity index (χ1) is 12.4. The zero-order valence-electron chi connectivity index (χ0n) is 14.1. The number of amides is 1. The van der Waals surface area contributed by atoms with Gasteiger partial charge in [0, 0.05) is 19.5 Å². The highest BCUT2D eigenvalue weighted by Gasteiger charge is 2.19. The first kappa shape index (κ1) is 17.6. The Kier molecular flexibility index (Phi) is 4.72. The molecule has 0 bridgehead atoms. The van der Waals surface area contributed by atoms with Gasteiger partial charge in [0.15, 0.2) is 0 Å². The lowest BCUT2D eigenvalue weighted by Gasteiger charge is -2.11. The zero-order valence-corrected chi connectivity index (χ0v) is 14.9. The topological polar surface area (TPSA) is 114 Å². The lowest BCUT2D eigenvalue weighted by Crippen LogP contribution is -2.18. The second-order valence-corrected chi connectivity index (χ2v) is 7.06. The van der Waals surface area contributed by atoms with Crippen LogP contribution in [0.3, 0.4) is 0 Å². The van der Waals surface area contributed by atoms with Crippen LogP contribution in [0.4, 0.5) is 5.69 Å². The van der Waals surface area contributed by atoms with Gasteiger partial charge >= 0.3 is 0 Å². The Bertz CT molecular complexity index is 1040. The third-order valence-electron chi connectivity index (χ3n) is 3.58. The van der Waals surface area contributed by atoms with E-state index in [2.05, 4.69) is 20.2 Å². The number of nitrogens with zero attached hydrogens (tertiary/aromatic N) is 2. The van der Waals surface area contributed by atoms with Crippen molar-refractivity contribution in [2.45, 2.75) is 11.8 Å². The van der Waals surface area contributed by atoms with Gasteiger partial charge in [0.25, 0.3) is 15.9 Å². The van der Waals surface area contributed by atoms with E-state index in [0.717, 1.165) is 0 Å². The van der Waals surface area contributed by atoms with Crippen molar-refractivity contribution in [2.75, 3.05) is 11.8 Å². The van der Waals surface area contributed by atoms with Crippen molar-refractivity contribution < 1.29 is 17.6 Å². The van der Waals surface area contributed by atoms with Crippen LogP contribution in [0.15, 0.2) is 57.8 Å². The summed E-state index contributed by atoms with van der Waals surface area (Å²) in [6.07, 6.45) is 0. The fraction of sp³-hybridized carbons (Fsp3) is 0.118. The predicted molar refractivity (Wildman–Crippen MR) is 95.1 cm³/mol. The van der Waals surface area contributed by atoms with Crippen molar-refractivity contribution in [3.8, 4) is 11.5 Å². The van der Waals surface area contributed by atoms with Crippen LogP contribution >= 0.6 is 0 Å². The highest BCUT2D eigenvalue weighted by molar-refractivity contribution is 7.92. The number of hydrogen-bond donors (Lipinski definition) is 2. The molecule has 26 heavy (non-hydrogen) atoms. The minimum Gasteiger partial charge on any atom is -0.421 e. The van der Waals surface area contributed by atoms with Crippen molar-refractivity contribution in [3.05, 3.63) is 60.0 Å². The van der Waals surface area contributed by atoms with Gasteiger partial charge in [0.1, 0.15) is 0 Å². The largest absolute Gasteiger partial charge is 0.421 e. The maximum Gasteiger partial charge on any atom is 0.261 e. The average molecular weight is 372 g/mol. The van der Waals surface area contributed by atoms with Crippen molar-refractivity contribution >= 4 is 21.6 Å². The van der Waals surface area contributed by atoms with E-state index < -0.39 is 10.0 Å². The number of rotatable bonds is 5. The fourth-order valence-corrected chi connectivity index (χ4v) is 3.38. The molecule has 0 radical (unpaired) electrons. The number of nitrogens with one attached hydrogen (secondary N) is 2. The zero-order chi connectivity index (χ0) is 18.7. The number of carbonyl (C=O) groups is 1. The molecular weight excluding hydrogens is 356 g/mol. The molecule has 9 heteroatoms. The molecule has 1 amide bonds. The Morgan fingerprint density at radius 3 is 2.35 bits per heavy atom. The van der Waals surface area contributed by atoms with E-state index in [1.807, 2.05) is 0 Å². The van der Waals surface area contributed by atoms with Crippen LogP contribution in [0.1, 0.15) is 16.2 Å². The van der Waals surface area contributed by atoms with Gasteiger partial charge in [-0.05, 0) is 36.4 Å². The molecular formula is C17H16N4O4S. The molecule has 2 aromatic carbocycles. The third kappa shape index (κ3) is 3.57. The van der Waals surface area contributed by atoms with E-state index in [4.69, 9.17) is 4.42 Å². The minimum absolute atomic E-state index is 0.0293. The Balaban J connectivity index is 1.92. The second-order valence-electron chi connectivity index (χ2n) is 5.38. The SMILES string of the molecule is CNC(=O)c1ccc(S(=O)(=O)Nc2ccccc2-c2nnc(C)o2)cc1. The van der Waals surface area contributed by atoms with Crippen LogP contribution in [0.2, 0.25) is 0 Å². The molecule has 0 saturated carbocycles. The van der Waals surface area contributed by atoms with E-state index in [0.29, 0.717) is 22.7 Å². The predicted octanol–water partition coefficient (Wildman–Crippen LogP) is 2.21. The van der Waals surface area contributed by atoms with Crippen LogP contribution in [0.25, 0.3) is 11.5 Å². The van der Waals surface area contributed by atoms with Crippen LogP contribution in [-0.4, -0.2) is 31.6 Å². The van der Waals surface area contributed by atoms with Crippen LogP contribution in [0.5, 0.6) is 0 Å². The molecule has 134 valence electrons. The normalized spacial score (nSPS) is 11.2. The average Bonchev–Trinajstić information content (AvgIpc) is 3.07. The molecule has 0 aliphatic heterocycles. The Morgan fingerprint density at radius 2 is 1.73 bits per heavy atom. The summed E-state index contributed by atoms with van der Waals surface area (Å²) < 4.78 is 33.2. The van der Waals surface area contributed by atoms with Gasteiger partial charge in [0.05, 0.1) is 16.1 Å². The number of aryl methyl sites for hydroxylation is 1. The minimum atomic E-state index is -3.86. The molecule has 0 atom stereocenters. The van der Waals surface area contributed by atoms with E-state index >= 15 is 0 Å². The number of hydrogen-bond acceptors (Lipinski definition) is 6. The van der Waals surface area contributed by atoms with Gasteiger partial charge in [-0.2, -0.15) is 0 Å². The molecule has 0 aliphatic carbocycles. The molecule has 1 aromatic heterocycles. The van der Waals surface area contributed by atoms with Crippen molar-refractivity contribution in [1.82, 2.24) is 15.5 Å². The van der Waals surface area contributed by atoms with Crippen LogP contribution < -0.4 is 10.0 Å². The summed E-state index contributed by atoms with van der Waals surface area (Å²) in [6, 6.07) is 12.3. The Morgan fingerprint density at radius 1 is 1.04 bits per heavy atom. The standard InChI is InChI=1S/C17H16N4O4S/c1-11-19-20-17(25-11)14-5-3-4-6-15(14)21-26(23,24)13-9-7-12(8-10-13)16(22)18-2/h3-10,21H,1-2H3,(H,18,22). The number of sulfonamides is 1. The molecule has 0 unspecified atom stereocenters. The fourth-order valence-electron chi connectivity index (χ4n) is 2.30. The molecule has 0 aliphatic rings. The summed E-state index contributed by atoms with van der Waals surface area (Å²) in [5.74, 6) is 0.303. The first-order valence-electron chi connectivity index (χ1n) is 7.65. The monoisotopic (exact) mass is 372 g/mol. The highest BCUT2D eigenvalue weighted by Crippen LogP contribution is 2.28. The van der Waals surface area contributed by atoms with Crippen molar-refractivity contribution in [3.63, 3.8) is 0 Å². The Labute approximate surface area is 150 Å². The summed E-state index contributed by atoms with van der Waals surface area (Å²) in [5, 5.41) is 10.2. The Hall–Kier alpha value is -3.20. The van der Waals surface area contributed by atoms with Crippen LogP contribution in [0, 0.1) is 6.92 Å². The van der Waals surface area contributed by atoms with Crippen LogP contribution in [-0.2, 0) is 10.0 Å². The summed E-state index contributed by atoms with van der Waals surface area (Å²) in [6.45, 7) is 1.65. The van der Waals surface area contributed by atoms with E-state index in [9.17, 15) is 13.2 Å². The number of carbonyl (C=O) groups excluding carboxylic acids is 1. The molecule has 8 nitrogen and oxygen atoms in total. The van der Waals surface area contributed by atoms with Gasteiger partial charge in [-0.15, -0.1) is 10.2 Å². The molecule has 1 heterocycles. The van der Waals surface area contributed by atoms with Gasteiger partial charge in [-0.1, -0.05) is 12.1 Å². The lowest BCUT2D eigenvalue weighted by atomic mass is 10.2. The van der Waals surface area contributed by atoms with Gasteiger partial charge in [-0.3, -0.25) is 9.52 Å². The maximum absolute atomic E-state index is 12.7. The van der Waals surface area contributed by atoms with Gasteiger partial charge in [-0.25, -0.2) is 8.42 Å². The lowest BCUT2D eigenvalue weighted by molar-refractivity contribution is 0.0963. The summed E-state index contributed by atoms with van der Waals surface area (Å²) in [5.41, 5.74) is 1.15. The number of aromatic nitrogens is 2. The smallest absolute Gasteiger partial charge is 0.261 e. The molecule has 3 rings (SSSR count). The number of para-hydroxylation sites is 1. The van der Waals surface area contributed by atoms with Crippen molar-refractivity contribution in [1.29, 1.82) is 0 Å². The third-order valence-corrected chi connectivity index (χ3v) is 4.96. The summed E-state index contributed by atoms with van der Waals surface area (Å²) in [7, 11) is -2.35. The second kappa shape index (κ2) is 6.96. The molecule has 3 aromatic rings. The quantitative estimate of drug-likeness (QED) is 0.710. The van der Waals surface area contributed by atoms with E-state index in [1.165, 1.54) is 31.3 Å². The number of anilines is 1. The van der Waals surface area contributed by atoms with Crippen molar-refractivity contribution in [2.24, 2.45) is 0 Å². The summed E-state index contributed by atoms with van der Waals surface area (Å²) in [4.78, 5) is 11.6. The van der Waals surface area contributed by atoms with E-state index in [1.54, 1.807) is 31.2 Å². The molecule has 0 saturated heterocycles. The van der Waals surface area contributed by atoms with E-state index in [-0.39, 0.29) is 16.7 Å². The highest BCUT2D eigenvalue weighted by atomic mass is 32.2. The molecule has 0 spiro atoms. The number of benzene rings is 2. The van der Waals surface area contributed by atoms with Gasteiger partial charge in [0.2, 0.25) is 11.8 Å². The first-order valence-corrected chi connectivity index (χ1v) is 9.13. The molecule has 0 fully saturated rings. The summed E-state index contributed by atoms with van der Waals surface area (Å²) >= 11 is 0. The van der Waals surface area contributed by atoms with Gasteiger partial charge < -0.3 is 9.73 Å². The molecule has 2 N–H and O–H groups in total.